The van der Waals surface area contributed by atoms with Gasteiger partial charge in [0.2, 0.25) is 0 Å². The molecule has 0 saturated heterocycles. The number of aromatic nitrogens is 1. The summed E-state index contributed by atoms with van der Waals surface area (Å²) in [7, 11) is 0. The number of amides is 1. The van der Waals surface area contributed by atoms with E-state index in [-0.39, 0.29) is 23.7 Å². The molecule has 0 spiro atoms. The normalized spacial score (nSPS) is 10.9. The quantitative estimate of drug-likeness (QED) is 0.495. The van der Waals surface area contributed by atoms with Gasteiger partial charge in [-0.2, -0.15) is 0 Å². The number of nitrogens with zero attached hydrogens (tertiary/aromatic N) is 1. The van der Waals surface area contributed by atoms with E-state index in [1.54, 1.807) is 18.0 Å². The summed E-state index contributed by atoms with van der Waals surface area (Å²) in [6.07, 6.45) is 1.70. The minimum Gasteiger partial charge on any atom is -0.384 e. The Hall–Kier alpha value is -2.50. The molecule has 2 aromatic carbocycles. The van der Waals surface area contributed by atoms with Crippen molar-refractivity contribution in [3.8, 4) is 0 Å². The third-order valence-electron chi connectivity index (χ3n) is 4.38. The number of nitrogens with two attached hydrogens (primary N) is 1. The Kier molecular flexibility index (Phi) is 7.71. The molecular formula is C23H26ClN3OS. The van der Waals surface area contributed by atoms with Crippen LogP contribution >= 0.6 is 24.2 Å². The van der Waals surface area contributed by atoms with Crippen molar-refractivity contribution in [3.05, 3.63) is 83.6 Å². The van der Waals surface area contributed by atoms with Crippen LogP contribution in [0.25, 0.3) is 0 Å². The van der Waals surface area contributed by atoms with Crippen LogP contribution in [-0.2, 0) is 11.2 Å². The fourth-order valence-electron chi connectivity index (χ4n) is 2.78. The van der Waals surface area contributed by atoms with Gasteiger partial charge in [0.15, 0.2) is 0 Å². The molecule has 3 N–H and O–H groups in total. The van der Waals surface area contributed by atoms with E-state index in [0.29, 0.717) is 11.4 Å². The molecule has 0 unspecified atom stereocenters. The molecule has 152 valence electrons. The Morgan fingerprint density at radius 2 is 1.76 bits per heavy atom. The number of thioether (sulfide) groups is 1. The van der Waals surface area contributed by atoms with Gasteiger partial charge in [-0.25, -0.2) is 4.98 Å². The van der Waals surface area contributed by atoms with Crippen LogP contribution in [0.1, 0.15) is 42.3 Å². The number of halogens is 1. The molecule has 0 radical (unpaired) electrons. The monoisotopic (exact) mass is 427 g/mol. The molecule has 0 bridgehead atoms. The molecule has 0 aliphatic heterocycles. The fraction of sp³-hybridized carbons (Fsp3) is 0.217. The lowest BCUT2D eigenvalue weighted by Gasteiger charge is -2.19. The molecule has 1 amide bonds. The number of nitrogens with one attached hydrogen (secondary N) is 1. The molecule has 1 aromatic heterocycles. The highest BCUT2D eigenvalue weighted by Gasteiger charge is 2.15. The molecular weight excluding hydrogens is 402 g/mol. The largest absolute Gasteiger partial charge is 0.384 e. The number of hydrogen-bond acceptors (Lipinski definition) is 4. The van der Waals surface area contributed by atoms with Crippen LogP contribution in [-0.4, -0.2) is 10.9 Å². The lowest BCUT2D eigenvalue weighted by atomic mass is 9.87. The van der Waals surface area contributed by atoms with E-state index in [9.17, 15) is 4.79 Å². The molecule has 1 heterocycles. The average molecular weight is 428 g/mol. The molecule has 3 rings (SSSR count). The van der Waals surface area contributed by atoms with Crippen molar-refractivity contribution >= 4 is 41.6 Å². The molecule has 0 saturated carbocycles. The van der Waals surface area contributed by atoms with Gasteiger partial charge in [-0.15, -0.1) is 24.2 Å². The number of carbonyl (C=O) groups excluding carboxylic acids is 1. The third kappa shape index (κ3) is 6.24. The van der Waals surface area contributed by atoms with Crippen LogP contribution in [0.4, 0.5) is 11.5 Å². The number of hydrogen-bond donors (Lipinski definition) is 2. The van der Waals surface area contributed by atoms with Crippen LogP contribution < -0.4 is 11.1 Å². The summed E-state index contributed by atoms with van der Waals surface area (Å²) >= 11 is 1.61. The molecule has 3 aromatic rings. The van der Waals surface area contributed by atoms with Crippen molar-refractivity contribution in [2.24, 2.45) is 0 Å². The van der Waals surface area contributed by atoms with Crippen LogP contribution in [0.15, 0.2) is 71.8 Å². The first-order chi connectivity index (χ1) is 13.3. The Bertz CT molecular complexity index is 968. The van der Waals surface area contributed by atoms with Gasteiger partial charge in [-0.05, 0) is 52.9 Å². The number of anilines is 2. The third-order valence-corrected chi connectivity index (χ3v) is 5.52. The van der Waals surface area contributed by atoms with E-state index in [1.807, 2.05) is 48.5 Å². The van der Waals surface area contributed by atoms with Gasteiger partial charge in [0.05, 0.1) is 5.56 Å². The zero-order valence-corrected chi connectivity index (χ0v) is 18.4. The summed E-state index contributed by atoms with van der Waals surface area (Å²) < 4.78 is 0. The topological polar surface area (TPSA) is 68.0 Å². The highest BCUT2D eigenvalue weighted by atomic mass is 35.5. The first-order valence-corrected chi connectivity index (χ1v) is 10.2. The number of pyridine rings is 1. The lowest BCUT2D eigenvalue weighted by Crippen LogP contribution is -2.14. The molecule has 0 aliphatic rings. The zero-order valence-electron chi connectivity index (χ0n) is 16.8. The number of nitrogen functional groups attached to an aromatic ring is 1. The molecule has 0 atom stereocenters. The van der Waals surface area contributed by atoms with E-state index >= 15 is 0 Å². The second-order valence-electron chi connectivity index (χ2n) is 7.66. The summed E-state index contributed by atoms with van der Waals surface area (Å²) in [5.41, 5.74) is 9.59. The van der Waals surface area contributed by atoms with E-state index in [1.165, 1.54) is 5.56 Å². The minimum atomic E-state index is -0.110. The van der Waals surface area contributed by atoms with Crippen molar-refractivity contribution in [2.75, 3.05) is 11.1 Å². The number of benzene rings is 2. The molecule has 0 aliphatic carbocycles. The lowest BCUT2D eigenvalue weighted by molar-refractivity contribution is 0.102. The number of rotatable bonds is 5. The summed E-state index contributed by atoms with van der Waals surface area (Å²) in [5.74, 6) is 1.11. The Labute approximate surface area is 182 Å². The SMILES string of the molecule is CC(C)(C)c1ccc(NC(=O)c2ccccc2SCc2ccnc(N)c2)cc1.Cl. The first kappa shape index (κ1) is 22.8. The highest BCUT2D eigenvalue weighted by molar-refractivity contribution is 7.98. The number of carbonyl (C=O) groups is 1. The maximum Gasteiger partial charge on any atom is 0.256 e. The van der Waals surface area contributed by atoms with Crippen LogP contribution in [0.5, 0.6) is 0 Å². The summed E-state index contributed by atoms with van der Waals surface area (Å²) in [5, 5.41) is 3.00. The van der Waals surface area contributed by atoms with Gasteiger partial charge < -0.3 is 11.1 Å². The Balaban J connectivity index is 0.00000300. The van der Waals surface area contributed by atoms with Crippen molar-refractivity contribution in [1.29, 1.82) is 0 Å². The molecule has 4 nitrogen and oxygen atoms in total. The van der Waals surface area contributed by atoms with Gasteiger partial charge in [-0.1, -0.05) is 45.0 Å². The zero-order chi connectivity index (χ0) is 20.1. The first-order valence-electron chi connectivity index (χ1n) is 9.17. The summed E-state index contributed by atoms with van der Waals surface area (Å²) in [6.45, 7) is 6.51. The van der Waals surface area contributed by atoms with Crippen molar-refractivity contribution in [3.63, 3.8) is 0 Å². The maximum absolute atomic E-state index is 12.8. The van der Waals surface area contributed by atoms with Crippen molar-refractivity contribution in [1.82, 2.24) is 4.98 Å². The predicted molar refractivity (Wildman–Crippen MR) is 125 cm³/mol. The van der Waals surface area contributed by atoms with Crippen molar-refractivity contribution in [2.45, 2.75) is 36.8 Å². The summed E-state index contributed by atoms with van der Waals surface area (Å²) in [6, 6.07) is 19.4. The highest BCUT2D eigenvalue weighted by Crippen LogP contribution is 2.28. The second kappa shape index (κ2) is 9.81. The Morgan fingerprint density at radius 1 is 1.07 bits per heavy atom. The second-order valence-corrected chi connectivity index (χ2v) is 8.67. The van der Waals surface area contributed by atoms with Crippen molar-refractivity contribution < 1.29 is 4.79 Å². The summed E-state index contributed by atoms with van der Waals surface area (Å²) in [4.78, 5) is 17.8. The van der Waals surface area contributed by atoms with E-state index in [2.05, 4.69) is 43.2 Å². The van der Waals surface area contributed by atoms with E-state index in [4.69, 9.17) is 5.73 Å². The van der Waals surface area contributed by atoms with Crippen LogP contribution in [0.3, 0.4) is 0 Å². The molecule has 29 heavy (non-hydrogen) atoms. The van der Waals surface area contributed by atoms with Crippen LogP contribution in [0, 0.1) is 0 Å². The standard InChI is InChI=1S/C23H25N3OS.ClH/c1-23(2,3)17-8-10-18(11-9-17)26-22(27)19-6-4-5-7-20(19)28-15-16-12-13-25-21(24)14-16;/h4-14H,15H2,1-3H3,(H2,24,25)(H,26,27);1H. The molecule has 0 fully saturated rings. The minimum absolute atomic E-state index is 0. The Morgan fingerprint density at radius 3 is 2.41 bits per heavy atom. The smallest absolute Gasteiger partial charge is 0.256 e. The fourth-order valence-corrected chi connectivity index (χ4v) is 3.77. The van der Waals surface area contributed by atoms with E-state index in [0.717, 1.165) is 21.9 Å². The van der Waals surface area contributed by atoms with Crippen LogP contribution in [0.2, 0.25) is 0 Å². The van der Waals surface area contributed by atoms with Gasteiger partial charge in [0.1, 0.15) is 5.82 Å². The predicted octanol–water partition coefficient (Wildman–Crippen LogP) is 5.93. The maximum atomic E-state index is 12.8. The van der Waals surface area contributed by atoms with Gasteiger partial charge >= 0.3 is 0 Å². The van der Waals surface area contributed by atoms with E-state index < -0.39 is 0 Å². The molecule has 6 heteroatoms. The average Bonchev–Trinajstić information content (AvgIpc) is 2.66. The van der Waals surface area contributed by atoms with Gasteiger partial charge in [-0.3, -0.25) is 4.79 Å². The van der Waals surface area contributed by atoms with Gasteiger partial charge in [0.25, 0.3) is 5.91 Å². The van der Waals surface area contributed by atoms with Gasteiger partial charge in [0, 0.05) is 22.5 Å².